The highest BCUT2D eigenvalue weighted by molar-refractivity contribution is 7.13. The SMILES string of the molecule is Cc1ncsc1-c1ccc(CNC(=O)C2C[C@@H](O)CN2C(=O)[C@H](NC(=O)CCOCCOCCOCCOCCOCCC(=O)NCCCOC(=O)NC(C)Nc2ncccn2)C(C)(C)C)cc1.Cc1ncsc1-c1ccc(CNC(=O)C2C[C@@H](O)CN2C(=O)[C@H](NC(=O)CCOCCOCCOCCOCCOCCC(=O)O)C(C)(C)C)cc1.NCCCOC(=O)NC(Nc1ncccn1)C(Cl)(Cl)Cl. The van der Waals surface area contributed by atoms with Crippen molar-refractivity contribution >= 4 is 129 Å². The summed E-state index contributed by atoms with van der Waals surface area (Å²) in [6, 6.07) is 15.4. The molecule has 6 heterocycles. The number of hydrogen-bond acceptors (Lipinski definition) is 35. The first-order valence-corrected chi connectivity index (χ1v) is 49.0. The predicted octanol–water partition coefficient (Wildman–Crippen LogP) is 6.41. The topological polar surface area (TPSA) is 560 Å². The fourth-order valence-corrected chi connectivity index (χ4v) is 15.1. The molecule has 8 atom stereocenters. The molecule has 0 aliphatic carbocycles. The highest BCUT2D eigenvalue weighted by atomic mass is 35.6. The summed E-state index contributed by atoms with van der Waals surface area (Å²) in [5.41, 5.74) is 13.4. The lowest BCUT2D eigenvalue weighted by atomic mass is 9.85. The molecule has 0 saturated carbocycles. The summed E-state index contributed by atoms with van der Waals surface area (Å²) >= 11 is 20.5. The lowest BCUT2D eigenvalue weighted by Gasteiger charge is -2.35. The molecule has 0 spiro atoms. The fourth-order valence-electron chi connectivity index (χ4n) is 13.1. The normalized spacial score (nSPS) is 15.5. The summed E-state index contributed by atoms with van der Waals surface area (Å²) in [5, 5.41) is 54.4. The lowest BCUT2D eigenvalue weighted by Crippen LogP contribution is -2.57. The number of β-amino-alcohol motifs (C(OH)–C–C–N with tert-alkyl or cyclic N) is 2. The fraction of sp³-hybridized carbons (Fsp3) is 0.609. The molecule has 43 nitrogen and oxygen atoms in total. The number of ether oxygens (including phenoxy) is 12. The van der Waals surface area contributed by atoms with E-state index in [-0.39, 0.29) is 153 Å². The number of benzene rings is 2. The number of hydrogen-bond donors (Lipinski definition) is 13. The van der Waals surface area contributed by atoms with Crippen molar-refractivity contribution in [2.24, 2.45) is 16.6 Å². The van der Waals surface area contributed by atoms with E-state index in [0.29, 0.717) is 124 Å². The van der Waals surface area contributed by atoms with Gasteiger partial charge in [0.15, 0.2) is 6.17 Å². The maximum Gasteiger partial charge on any atom is 0.408 e. The molecule has 2 aliphatic rings. The van der Waals surface area contributed by atoms with E-state index < -0.39 is 93.3 Å². The minimum atomic E-state index is -1.81. The number of aliphatic hydroxyl groups is 2. The Morgan fingerprint density at radius 1 is 0.450 bits per heavy atom. The van der Waals surface area contributed by atoms with E-state index in [4.69, 9.17) is 102 Å². The van der Waals surface area contributed by atoms with Crippen LogP contribution in [0.3, 0.4) is 0 Å². The van der Waals surface area contributed by atoms with E-state index in [1.807, 2.05) is 115 Å². The maximum atomic E-state index is 13.9. The number of nitrogens with one attached hydrogen (secondary N) is 9. The Labute approximate surface area is 838 Å². The zero-order valence-electron chi connectivity index (χ0n) is 80.7. The van der Waals surface area contributed by atoms with Crippen LogP contribution < -0.4 is 53.6 Å². The molecule has 2 fully saturated rings. The van der Waals surface area contributed by atoms with Gasteiger partial charge in [0.1, 0.15) is 30.3 Å². The molecule has 9 amide bonds. The molecule has 48 heteroatoms. The van der Waals surface area contributed by atoms with Crippen molar-refractivity contribution in [2.45, 2.75) is 179 Å². The number of carboxylic acid groups (broad SMARTS) is 1. The zero-order chi connectivity index (χ0) is 102. The Kier molecular flexibility index (Phi) is 56.1. The number of likely N-dealkylation sites (tertiary alicyclic amines) is 2. The third-order valence-corrected chi connectivity index (χ3v) is 23.0. The van der Waals surface area contributed by atoms with Gasteiger partial charge < -0.3 is 130 Å². The highest BCUT2D eigenvalue weighted by Gasteiger charge is 2.47. The molecule has 8 rings (SSSR count). The summed E-state index contributed by atoms with van der Waals surface area (Å²) in [4.78, 5) is 155. The predicted molar refractivity (Wildman–Crippen MR) is 523 cm³/mol. The molecule has 140 heavy (non-hydrogen) atoms. The number of anilines is 2. The van der Waals surface area contributed by atoms with Crippen molar-refractivity contribution in [3.63, 3.8) is 0 Å². The number of carboxylic acids is 1. The van der Waals surface area contributed by atoms with Gasteiger partial charge in [-0.05, 0) is 85.4 Å². The third kappa shape index (κ3) is 48.3. The number of aromatic nitrogens is 6. The third-order valence-electron chi connectivity index (χ3n) is 20.4. The number of carbonyl (C=O) groups excluding carboxylic acids is 9. The first-order chi connectivity index (χ1) is 67.0. The Hall–Kier alpha value is -9.89. The Morgan fingerprint density at radius 3 is 1.14 bits per heavy atom. The minimum Gasteiger partial charge on any atom is -0.481 e. The van der Waals surface area contributed by atoms with E-state index in [1.165, 1.54) is 22.2 Å². The number of aliphatic hydroxyl groups excluding tert-OH is 2. The van der Waals surface area contributed by atoms with Gasteiger partial charge in [-0.25, -0.2) is 39.5 Å². The quantitative estimate of drug-likeness (QED) is 0.0111. The van der Waals surface area contributed by atoms with Crippen molar-refractivity contribution in [1.82, 2.24) is 76.9 Å². The van der Waals surface area contributed by atoms with Gasteiger partial charge in [0.05, 0.1) is 196 Å². The molecule has 4 aromatic heterocycles. The molecular weight excluding hydrogens is 1930 g/mol. The van der Waals surface area contributed by atoms with E-state index >= 15 is 0 Å². The molecule has 14 N–H and O–H groups in total. The largest absolute Gasteiger partial charge is 0.481 e. The van der Waals surface area contributed by atoms with Crippen molar-refractivity contribution in [2.75, 3.05) is 182 Å². The van der Waals surface area contributed by atoms with Gasteiger partial charge in [0.2, 0.25) is 57.0 Å². The van der Waals surface area contributed by atoms with Crippen LogP contribution in [0.15, 0.2) is 96.5 Å². The molecule has 778 valence electrons. The van der Waals surface area contributed by atoms with Crippen LogP contribution in [0.2, 0.25) is 0 Å². The van der Waals surface area contributed by atoms with Crippen LogP contribution in [0.5, 0.6) is 0 Å². The average Bonchev–Trinajstić information content (AvgIpc) is 1.65. The molecule has 0 radical (unpaired) electrons. The first kappa shape index (κ1) is 119. The Morgan fingerprint density at radius 2 is 0.793 bits per heavy atom. The molecule has 0 bridgehead atoms. The van der Waals surface area contributed by atoms with E-state index in [2.05, 4.69) is 77.8 Å². The van der Waals surface area contributed by atoms with Crippen LogP contribution in [-0.2, 0) is 108 Å². The van der Waals surface area contributed by atoms with Gasteiger partial charge in [0.25, 0.3) is 0 Å². The van der Waals surface area contributed by atoms with Gasteiger partial charge in [-0.15, -0.1) is 22.7 Å². The van der Waals surface area contributed by atoms with Crippen LogP contribution in [0.25, 0.3) is 20.9 Å². The van der Waals surface area contributed by atoms with Gasteiger partial charge >= 0.3 is 18.2 Å². The first-order valence-electron chi connectivity index (χ1n) is 46.1. The second-order valence-electron chi connectivity index (χ2n) is 33.9. The van der Waals surface area contributed by atoms with Crippen molar-refractivity contribution in [3.8, 4) is 20.9 Å². The number of alkyl carbamates (subject to hydrolysis) is 2. The van der Waals surface area contributed by atoms with Gasteiger partial charge in [-0.2, -0.15) is 0 Å². The van der Waals surface area contributed by atoms with E-state index in [9.17, 15) is 58.2 Å². The number of aryl methyl sites for hydroxylation is 2. The number of carbonyl (C=O) groups is 10. The van der Waals surface area contributed by atoms with Gasteiger partial charge in [-0.3, -0.25) is 43.7 Å². The summed E-state index contributed by atoms with van der Waals surface area (Å²) < 4.78 is 62.6. The van der Waals surface area contributed by atoms with Crippen LogP contribution in [0.4, 0.5) is 21.5 Å². The van der Waals surface area contributed by atoms with Crippen molar-refractivity contribution in [3.05, 3.63) is 119 Å². The summed E-state index contributed by atoms with van der Waals surface area (Å²) in [6.07, 6.45) is 3.05. The number of thiazole rings is 2. The maximum absolute atomic E-state index is 13.9. The molecule has 2 saturated heterocycles. The van der Waals surface area contributed by atoms with Crippen LogP contribution >= 0.6 is 57.5 Å². The number of rotatable bonds is 61. The average molecular weight is 2070 g/mol. The smallest absolute Gasteiger partial charge is 0.408 e. The lowest BCUT2D eigenvalue weighted by molar-refractivity contribution is -0.144. The second-order valence-corrected chi connectivity index (χ2v) is 38.0. The van der Waals surface area contributed by atoms with Gasteiger partial charge in [-0.1, -0.05) is 125 Å². The zero-order valence-corrected chi connectivity index (χ0v) is 84.6. The Balaban J connectivity index is 0.000000366. The van der Waals surface area contributed by atoms with Crippen LogP contribution in [0.1, 0.15) is 122 Å². The highest BCUT2D eigenvalue weighted by Crippen LogP contribution is 2.33. The number of amides is 9. The molecule has 4 unspecified atom stereocenters. The van der Waals surface area contributed by atoms with Crippen molar-refractivity contribution in [1.29, 1.82) is 0 Å². The molecular formula is C92H137Cl3N18O25S2. The molecule has 6 aromatic rings. The van der Waals surface area contributed by atoms with E-state index in [0.717, 1.165) is 43.4 Å². The Bertz CT molecular complexity index is 4610. The number of nitrogens with zero attached hydrogens (tertiary/aromatic N) is 8. The summed E-state index contributed by atoms with van der Waals surface area (Å²) in [5.74, 6) is -2.82. The van der Waals surface area contributed by atoms with Crippen molar-refractivity contribution < 1.29 is 120 Å². The van der Waals surface area contributed by atoms with Crippen LogP contribution in [-0.4, -0.2) is 339 Å². The number of aliphatic carboxylic acids is 1. The molecule has 2 aromatic carbocycles. The standard InChI is InChI=1S/C46H69N9O12S.C36H54N4O11S.C10H14Cl3N5O2/c1-32-40(68-31-51-32)35-10-8-34(9-11-35)29-50-42(59)37-28-36(56)30-55(37)43(60)41(46(3,4)5)54-39(58)13-19-63-21-23-65-25-27-66-26-24-64-22-20-62-18-12-38(57)47-16-7-17-67-45(61)53-33(2)52-44-48-14-6-15-49-44;1-25-32(52-24-38-25)27-7-5-26(6-8-27)22-37-34(45)29-21-28(41)23-40(29)35(46)33(36(2,3)4)39-30(42)9-11-47-13-15-49-17-19-51-20-18-50-16-14-48-12-10-31(43)44;11-10(12,13)7(17-8-15-4-2-5-16-8)18-9(19)20-6-1-3-14/h6,8-11,14-15,31,33,36-37,41,56H,7,12-13,16-30H2,1-5H3,(H,47,57)(H,50,59)(H,53,61)(H,54,58)(H,48,49,52);5-8,24,28-29,33,41H,9-23H2,1-4H3,(H,37,45)(H,39,42)(H,43,44);2,4-5,7H,1,3,6,14H2,(H,18,19)(H,15,16,17)/t33?,36-,37?,41+;28-,29?,33+;/m11./s1. The summed E-state index contributed by atoms with van der Waals surface area (Å²) in [7, 11) is 0. The van der Waals surface area contributed by atoms with Gasteiger partial charge in [0, 0.05) is 89.6 Å². The number of alkyl halides is 3. The number of nitrogens with two attached hydrogens (primary N) is 1. The second kappa shape index (κ2) is 66.1. The minimum absolute atomic E-state index is 0.00277. The summed E-state index contributed by atoms with van der Waals surface area (Å²) in [6.45, 7) is 24.4. The number of halogens is 3. The molecule has 2 aliphatic heterocycles. The van der Waals surface area contributed by atoms with E-state index in [1.54, 1.807) is 54.1 Å². The van der Waals surface area contributed by atoms with Crippen LogP contribution in [0, 0.1) is 24.7 Å². The monoisotopic (exact) mass is 2060 g/mol.